The number of benzene rings is 2. The highest BCUT2D eigenvalue weighted by molar-refractivity contribution is 6.03. The van der Waals surface area contributed by atoms with Gasteiger partial charge in [0, 0.05) is 18.1 Å². The van der Waals surface area contributed by atoms with Gasteiger partial charge in [-0.2, -0.15) is 5.10 Å². The Balaban J connectivity index is 1.76. The summed E-state index contributed by atoms with van der Waals surface area (Å²) in [6, 6.07) is 13.8. The summed E-state index contributed by atoms with van der Waals surface area (Å²) in [5.74, 6) is -0.311. The number of ether oxygens (including phenoxy) is 2. The van der Waals surface area contributed by atoms with Crippen LogP contribution in [0.25, 0.3) is 10.9 Å². The van der Waals surface area contributed by atoms with Gasteiger partial charge in [-0.05, 0) is 42.9 Å². The molecule has 4 rings (SSSR count). The van der Waals surface area contributed by atoms with Crippen molar-refractivity contribution in [3.63, 3.8) is 0 Å². The first-order valence-electron chi connectivity index (χ1n) is 9.74. The molecule has 146 valence electrons. The fourth-order valence-corrected chi connectivity index (χ4v) is 3.71. The zero-order valence-corrected chi connectivity index (χ0v) is 15.9. The van der Waals surface area contributed by atoms with E-state index in [-0.39, 0.29) is 11.9 Å². The van der Waals surface area contributed by atoms with Gasteiger partial charge in [-0.1, -0.05) is 37.3 Å². The number of fused-ring (bicyclic) bond motifs is 1. The lowest BCUT2D eigenvalue weighted by Gasteiger charge is -2.23. The van der Waals surface area contributed by atoms with Gasteiger partial charge in [0.15, 0.2) is 11.9 Å². The number of nitrogens with zero attached hydrogens (tertiary/aromatic N) is 2. The van der Waals surface area contributed by atoms with Gasteiger partial charge in [0.2, 0.25) is 0 Å². The van der Waals surface area contributed by atoms with Crippen molar-refractivity contribution < 1.29 is 19.4 Å². The van der Waals surface area contributed by atoms with Gasteiger partial charge < -0.3 is 14.6 Å². The number of aromatic nitrogens is 2. The van der Waals surface area contributed by atoms with Crippen LogP contribution in [0, 0.1) is 0 Å². The predicted octanol–water partition coefficient (Wildman–Crippen LogP) is 4.58. The van der Waals surface area contributed by atoms with E-state index in [0.717, 1.165) is 35.9 Å². The summed E-state index contributed by atoms with van der Waals surface area (Å²) < 4.78 is 13.6. The zero-order chi connectivity index (χ0) is 19.5. The summed E-state index contributed by atoms with van der Waals surface area (Å²) >= 11 is 0. The lowest BCUT2D eigenvalue weighted by Crippen LogP contribution is -2.19. The third-order valence-corrected chi connectivity index (χ3v) is 5.12. The second-order valence-electron chi connectivity index (χ2n) is 7.02. The number of carbonyl (C=O) groups is 1. The van der Waals surface area contributed by atoms with Crippen LogP contribution < -0.4 is 4.74 Å². The second kappa shape index (κ2) is 8.02. The molecule has 1 N–H and O–H groups in total. The Morgan fingerprint density at radius 1 is 1.29 bits per heavy atom. The van der Waals surface area contributed by atoms with Crippen molar-refractivity contribution >= 4 is 16.9 Å². The number of hydrogen-bond acceptors (Lipinski definition) is 4. The minimum atomic E-state index is -1.02. The normalized spacial score (nSPS) is 17.0. The van der Waals surface area contributed by atoms with Crippen LogP contribution in [0.1, 0.15) is 54.0 Å². The van der Waals surface area contributed by atoms with Crippen molar-refractivity contribution in [3.05, 3.63) is 59.3 Å². The zero-order valence-electron chi connectivity index (χ0n) is 15.9. The van der Waals surface area contributed by atoms with Crippen molar-refractivity contribution in [1.29, 1.82) is 0 Å². The number of aryl methyl sites for hydroxylation is 1. The molecule has 0 amide bonds. The van der Waals surface area contributed by atoms with E-state index in [1.54, 1.807) is 4.68 Å². The third-order valence-electron chi connectivity index (χ3n) is 5.12. The molecule has 1 unspecified atom stereocenters. The minimum Gasteiger partial charge on any atom is -0.489 e. The number of hydrogen-bond donors (Lipinski definition) is 1. The van der Waals surface area contributed by atoms with Gasteiger partial charge in [-0.3, -0.25) is 0 Å². The van der Waals surface area contributed by atoms with Gasteiger partial charge >= 0.3 is 5.97 Å². The summed E-state index contributed by atoms with van der Waals surface area (Å²) in [4.78, 5) is 11.8. The van der Waals surface area contributed by atoms with Crippen LogP contribution in [0.3, 0.4) is 0 Å². The van der Waals surface area contributed by atoms with Crippen molar-refractivity contribution in [3.8, 4) is 5.75 Å². The van der Waals surface area contributed by atoms with E-state index in [1.165, 1.54) is 0 Å². The maximum Gasteiger partial charge on any atom is 0.357 e. The molecule has 1 aliphatic heterocycles. The molecular weight excluding hydrogens is 356 g/mol. The quantitative estimate of drug-likeness (QED) is 0.678. The summed E-state index contributed by atoms with van der Waals surface area (Å²) in [5, 5.41) is 14.8. The Kier molecular flexibility index (Phi) is 5.30. The van der Waals surface area contributed by atoms with Crippen LogP contribution in [0.15, 0.2) is 42.5 Å². The maximum absolute atomic E-state index is 11.8. The molecule has 1 saturated heterocycles. The van der Waals surface area contributed by atoms with E-state index in [1.807, 2.05) is 49.4 Å². The van der Waals surface area contributed by atoms with Gasteiger partial charge in [-0.25, -0.2) is 9.48 Å². The predicted molar refractivity (Wildman–Crippen MR) is 106 cm³/mol. The number of rotatable bonds is 6. The Morgan fingerprint density at radius 2 is 2.11 bits per heavy atom. The Morgan fingerprint density at radius 3 is 2.79 bits per heavy atom. The van der Waals surface area contributed by atoms with E-state index in [2.05, 4.69) is 5.10 Å². The van der Waals surface area contributed by atoms with Crippen LogP contribution in [0.2, 0.25) is 0 Å². The Labute approximate surface area is 163 Å². The van der Waals surface area contributed by atoms with Crippen LogP contribution in [0.5, 0.6) is 5.75 Å². The minimum absolute atomic E-state index is 0.0793. The van der Waals surface area contributed by atoms with Crippen molar-refractivity contribution in [1.82, 2.24) is 9.78 Å². The highest BCUT2D eigenvalue weighted by Crippen LogP contribution is 2.33. The summed E-state index contributed by atoms with van der Waals surface area (Å²) in [6.07, 6.45) is 3.34. The molecule has 1 aliphatic rings. The third kappa shape index (κ3) is 3.60. The van der Waals surface area contributed by atoms with Crippen molar-refractivity contribution in [2.45, 2.75) is 45.4 Å². The van der Waals surface area contributed by atoms with Crippen molar-refractivity contribution in [2.75, 3.05) is 6.61 Å². The fraction of sp³-hybridized carbons (Fsp3) is 0.364. The second-order valence-corrected chi connectivity index (χ2v) is 7.02. The molecule has 1 atom stereocenters. The van der Waals surface area contributed by atoms with E-state index in [4.69, 9.17) is 9.47 Å². The first-order chi connectivity index (χ1) is 13.7. The van der Waals surface area contributed by atoms with Crippen LogP contribution in [-0.2, 0) is 17.8 Å². The highest BCUT2D eigenvalue weighted by Gasteiger charge is 2.25. The van der Waals surface area contributed by atoms with Gasteiger partial charge in [0.1, 0.15) is 12.4 Å². The molecule has 1 aromatic heterocycles. The molecule has 2 heterocycles. The lowest BCUT2D eigenvalue weighted by atomic mass is 10.0. The van der Waals surface area contributed by atoms with E-state index in [9.17, 15) is 9.90 Å². The molecule has 3 aromatic rings. The molecule has 0 spiro atoms. The monoisotopic (exact) mass is 380 g/mol. The molecule has 6 heteroatoms. The van der Waals surface area contributed by atoms with E-state index in [0.29, 0.717) is 30.8 Å². The Bertz CT molecular complexity index is 975. The molecule has 28 heavy (non-hydrogen) atoms. The molecule has 6 nitrogen and oxygen atoms in total. The van der Waals surface area contributed by atoms with Crippen LogP contribution >= 0.6 is 0 Å². The molecule has 0 saturated carbocycles. The first-order valence-corrected chi connectivity index (χ1v) is 9.74. The highest BCUT2D eigenvalue weighted by atomic mass is 16.5. The van der Waals surface area contributed by atoms with Gasteiger partial charge in [-0.15, -0.1) is 0 Å². The number of aromatic carboxylic acids is 1. The molecule has 1 fully saturated rings. The average molecular weight is 380 g/mol. The lowest BCUT2D eigenvalue weighted by molar-refractivity contribution is -0.0368. The summed E-state index contributed by atoms with van der Waals surface area (Å²) in [7, 11) is 0. The molecule has 2 aromatic carbocycles. The maximum atomic E-state index is 11.8. The van der Waals surface area contributed by atoms with Crippen LogP contribution in [-0.4, -0.2) is 27.5 Å². The Hall–Kier alpha value is -2.86. The van der Waals surface area contributed by atoms with E-state index < -0.39 is 5.97 Å². The van der Waals surface area contributed by atoms with Gasteiger partial charge in [0.25, 0.3) is 0 Å². The topological polar surface area (TPSA) is 73.6 Å². The number of carboxylic acid groups (broad SMARTS) is 1. The molecule has 0 aliphatic carbocycles. The standard InChI is InChI=1S/C22H24N2O4/c1-2-16-12-17(28-14-15-8-4-3-5-9-15)13-18-20(16)21(22(25)26)23-24(18)19-10-6-7-11-27-19/h3-5,8-9,12-13,19H,2,6-7,10-11,14H2,1H3,(H,25,26). The summed E-state index contributed by atoms with van der Waals surface area (Å²) in [6.45, 7) is 3.13. The summed E-state index contributed by atoms with van der Waals surface area (Å²) in [5.41, 5.74) is 2.83. The smallest absolute Gasteiger partial charge is 0.357 e. The largest absolute Gasteiger partial charge is 0.489 e. The SMILES string of the molecule is CCc1cc(OCc2ccccc2)cc2c1c(C(=O)O)nn2C1CCCCO1. The molecule has 0 radical (unpaired) electrons. The number of carboxylic acids is 1. The first kappa shape index (κ1) is 18.5. The van der Waals surface area contributed by atoms with Gasteiger partial charge in [0.05, 0.1) is 5.52 Å². The molecular formula is C22H24N2O4. The van der Waals surface area contributed by atoms with E-state index >= 15 is 0 Å². The molecule has 0 bridgehead atoms. The average Bonchev–Trinajstić information content (AvgIpc) is 3.13. The fourth-order valence-electron chi connectivity index (χ4n) is 3.71. The van der Waals surface area contributed by atoms with Crippen LogP contribution in [0.4, 0.5) is 0 Å². The van der Waals surface area contributed by atoms with Crippen molar-refractivity contribution in [2.24, 2.45) is 0 Å².